The molecular weight excluding hydrogens is 371 g/mol. The van der Waals surface area contributed by atoms with Gasteiger partial charge in [0.2, 0.25) is 0 Å². The van der Waals surface area contributed by atoms with Gasteiger partial charge in [-0.3, -0.25) is 4.79 Å². The van der Waals surface area contributed by atoms with Crippen molar-refractivity contribution in [3.8, 4) is 5.75 Å². The smallest absolute Gasteiger partial charge is 0.272 e. The molecular formula is C22H25FN4O2. The predicted molar refractivity (Wildman–Crippen MR) is 109 cm³/mol. The second kappa shape index (κ2) is 9.84. The van der Waals surface area contributed by atoms with Crippen LogP contribution >= 0.6 is 0 Å². The molecule has 0 spiro atoms. The summed E-state index contributed by atoms with van der Waals surface area (Å²) >= 11 is 0. The summed E-state index contributed by atoms with van der Waals surface area (Å²) in [6.45, 7) is 0.987. The van der Waals surface area contributed by atoms with Crippen LogP contribution in [0.15, 0.2) is 66.9 Å². The molecule has 29 heavy (non-hydrogen) atoms. The number of nitrogens with one attached hydrogen (secondary N) is 1. The maximum atomic E-state index is 13.3. The van der Waals surface area contributed by atoms with Crippen molar-refractivity contribution in [2.75, 3.05) is 20.6 Å². The molecule has 3 rings (SSSR count). The molecule has 7 heteroatoms. The van der Waals surface area contributed by atoms with E-state index in [0.717, 1.165) is 17.9 Å². The molecule has 6 nitrogen and oxygen atoms in total. The lowest BCUT2D eigenvalue weighted by Gasteiger charge is -2.21. The second-order valence-corrected chi connectivity index (χ2v) is 7.00. The van der Waals surface area contributed by atoms with E-state index in [-0.39, 0.29) is 24.5 Å². The van der Waals surface area contributed by atoms with E-state index in [1.54, 1.807) is 29.1 Å². The highest BCUT2D eigenvalue weighted by Gasteiger charge is 2.18. The number of ether oxygens (including phenoxy) is 1. The fourth-order valence-electron chi connectivity index (χ4n) is 2.85. The number of benzene rings is 2. The summed E-state index contributed by atoms with van der Waals surface area (Å²) in [6, 6.07) is 17.0. The van der Waals surface area contributed by atoms with Gasteiger partial charge in [-0.1, -0.05) is 30.3 Å². The molecule has 0 aliphatic rings. The molecule has 1 atom stereocenters. The standard InChI is InChI=1S/C22H25FN4O2/c1-26(2)14-12-20(17-8-10-18(23)11-9-17)24-22(28)21-13-15-27(25-21)16-29-19-6-4-3-5-7-19/h3-11,13,15,20H,12,14,16H2,1-2H3,(H,24,28). The van der Waals surface area contributed by atoms with Crippen molar-refractivity contribution in [2.45, 2.75) is 19.2 Å². The molecule has 1 heterocycles. The van der Waals surface area contributed by atoms with Crippen LogP contribution in [0.25, 0.3) is 0 Å². The molecule has 3 aromatic rings. The SMILES string of the molecule is CN(C)CCC(NC(=O)c1ccn(COc2ccccc2)n1)c1ccc(F)cc1. The maximum absolute atomic E-state index is 13.3. The average molecular weight is 396 g/mol. The summed E-state index contributed by atoms with van der Waals surface area (Å²) in [7, 11) is 3.94. The van der Waals surface area contributed by atoms with Crippen LogP contribution in [0, 0.1) is 5.82 Å². The Morgan fingerprint density at radius 3 is 2.55 bits per heavy atom. The molecule has 0 saturated carbocycles. The Hall–Kier alpha value is -3.19. The number of para-hydroxylation sites is 1. The number of nitrogens with zero attached hydrogens (tertiary/aromatic N) is 3. The molecule has 152 valence electrons. The molecule has 0 radical (unpaired) electrons. The molecule has 1 aromatic heterocycles. The van der Waals surface area contributed by atoms with Gasteiger partial charge in [-0.05, 0) is 63.0 Å². The van der Waals surface area contributed by atoms with E-state index in [0.29, 0.717) is 12.1 Å². The number of amides is 1. The highest BCUT2D eigenvalue weighted by atomic mass is 19.1. The zero-order valence-corrected chi connectivity index (χ0v) is 16.6. The lowest BCUT2D eigenvalue weighted by atomic mass is 10.0. The number of aromatic nitrogens is 2. The van der Waals surface area contributed by atoms with E-state index in [1.165, 1.54) is 12.1 Å². The number of hydrogen-bond donors (Lipinski definition) is 1. The van der Waals surface area contributed by atoms with Gasteiger partial charge in [-0.25, -0.2) is 9.07 Å². The van der Waals surface area contributed by atoms with Gasteiger partial charge in [-0.15, -0.1) is 0 Å². The van der Waals surface area contributed by atoms with Crippen LogP contribution in [0.3, 0.4) is 0 Å². The topological polar surface area (TPSA) is 59.4 Å². The van der Waals surface area contributed by atoms with E-state index in [2.05, 4.69) is 10.4 Å². The fraction of sp³-hybridized carbons (Fsp3) is 0.273. The molecule has 2 aromatic carbocycles. The third kappa shape index (κ3) is 6.15. The summed E-state index contributed by atoms with van der Waals surface area (Å²) in [5.74, 6) is 0.147. The van der Waals surface area contributed by atoms with Crippen molar-refractivity contribution >= 4 is 5.91 Å². The Morgan fingerprint density at radius 2 is 1.86 bits per heavy atom. The summed E-state index contributed by atoms with van der Waals surface area (Å²) in [6.07, 6.45) is 2.40. The quantitative estimate of drug-likeness (QED) is 0.602. The van der Waals surface area contributed by atoms with E-state index >= 15 is 0 Å². The van der Waals surface area contributed by atoms with Crippen LogP contribution in [-0.2, 0) is 6.73 Å². The first-order valence-corrected chi connectivity index (χ1v) is 9.43. The Balaban J connectivity index is 1.64. The number of carbonyl (C=O) groups is 1. The Labute approximate surface area is 169 Å². The number of rotatable bonds is 9. The van der Waals surface area contributed by atoms with Gasteiger partial charge < -0.3 is 15.0 Å². The minimum atomic E-state index is -0.302. The van der Waals surface area contributed by atoms with Crippen molar-refractivity contribution in [3.05, 3.63) is 83.9 Å². The van der Waals surface area contributed by atoms with E-state index in [4.69, 9.17) is 4.74 Å². The lowest BCUT2D eigenvalue weighted by Crippen LogP contribution is -2.31. The van der Waals surface area contributed by atoms with Crippen molar-refractivity contribution in [2.24, 2.45) is 0 Å². The largest absolute Gasteiger partial charge is 0.471 e. The van der Waals surface area contributed by atoms with Gasteiger partial charge in [0.15, 0.2) is 6.73 Å². The highest BCUT2D eigenvalue weighted by Crippen LogP contribution is 2.18. The molecule has 0 saturated heterocycles. The minimum absolute atomic E-state index is 0.208. The molecule has 0 aliphatic carbocycles. The molecule has 0 fully saturated rings. The third-order valence-corrected chi connectivity index (χ3v) is 4.42. The van der Waals surface area contributed by atoms with E-state index in [1.807, 2.05) is 49.3 Å². The third-order valence-electron chi connectivity index (χ3n) is 4.42. The predicted octanol–water partition coefficient (Wildman–Crippen LogP) is 3.48. The first-order valence-electron chi connectivity index (χ1n) is 9.43. The van der Waals surface area contributed by atoms with Crippen LogP contribution < -0.4 is 10.1 Å². The first-order chi connectivity index (χ1) is 14.0. The van der Waals surface area contributed by atoms with Crippen LogP contribution in [0.5, 0.6) is 5.75 Å². The van der Waals surface area contributed by atoms with Crippen LogP contribution in [-0.4, -0.2) is 41.2 Å². The van der Waals surface area contributed by atoms with E-state index in [9.17, 15) is 9.18 Å². The summed E-state index contributed by atoms with van der Waals surface area (Å²) in [5.41, 5.74) is 1.16. The molecule has 0 bridgehead atoms. The fourth-order valence-corrected chi connectivity index (χ4v) is 2.85. The Bertz CT molecular complexity index is 910. The van der Waals surface area contributed by atoms with Crippen molar-refractivity contribution in [1.29, 1.82) is 0 Å². The van der Waals surface area contributed by atoms with Gasteiger partial charge in [0.1, 0.15) is 17.3 Å². The summed E-state index contributed by atoms with van der Waals surface area (Å²) in [5, 5.41) is 7.30. The zero-order valence-electron chi connectivity index (χ0n) is 16.6. The summed E-state index contributed by atoms with van der Waals surface area (Å²) in [4.78, 5) is 14.8. The molecule has 0 aliphatic heterocycles. The number of halogens is 1. The molecule has 1 amide bonds. The normalized spacial score (nSPS) is 12.0. The van der Waals surface area contributed by atoms with Crippen LogP contribution in [0.4, 0.5) is 4.39 Å². The van der Waals surface area contributed by atoms with Gasteiger partial charge in [0.25, 0.3) is 5.91 Å². The number of hydrogen-bond acceptors (Lipinski definition) is 4. The molecule has 1 N–H and O–H groups in total. The molecule has 1 unspecified atom stereocenters. The van der Waals surface area contributed by atoms with E-state index < -0.39 is 0 Å². The zero-order chi connectivity index (χ0) is 20.6. The van der Waals surface area contributed by atoms with Gasteiger partial charge in [-0.2, -0.15) is 5.10 Å². The van der Waals surface area contributed by atoms with Gasteiger partial charge in [0.05, 0.1) is 6.04 Å². The van der Waals surface area contributed by atoms with Crippen molar-refractivity contribution in [1.82, 2.24) is 20.0 Å². The summed E-state index contributed by atoms with van der Waals surface area (Å²) < 4.78 is 20.5. The second-order valence-electron chi connectivity index (χ2n) is 7.00. The van der Waals surface area contributed by atoms with Gasteiger partial charge >= 0.3 is 0 Å². The van der Waals surface area contributed by atoms with Crippen LogP contribution in [0.1, 0.15) is 28.5 Å². The minimum Gasteiger partial charge on any atom is -0.471 e. The lowest BCUT2D eigenvalue weighted by molar-refractivity contribution is 0.0925. The Kier molecular flexibility index (Phi) is 6.97. The maximum Gasteiger partial charge on any atom is 0.272 e. The van der Waals surface area contributed by atoms with Crippen molar-refractivity contribution in [3.63, 3.8) is 0 Å². The Morgan fingerprint density at radius 1 is 1.14 bits per heavy atom. The average Bonchev–Trinajstić information content (AvgIpc) is 3.20. The van der Waals surface area contributed by atoms with Crippen LogP contribution in [0.2, 0.25) is 0 Å². The first kappa shape index (κ1) is 20.5. The monoisotopic (exact) mass is 396 g/mol. The van der Waals surface area contributed by atoms with Gasteiger partial charge in [0, 0.05) is 6.20 Å². The highest BCUT2D eigenvalue weighted by molar-refractivity contribution is 5.92. The number of carbonyl (C=O) groups excluding carboxylic acids is 1. The van der Waals surface area contributed by atoms with Crippen molar-refractivity contribution < 1.29 is 13.9 Å².